The van der Waals surface area contributed by atoms with E-state index in [4.69, 9.17) is 4.74 Å². The fourth-order valence-corrected chi connectivity index (χ4v) is 6.16. The van der Waals surface area contributed by atoms with Crippen LogP contribution in [-0.4, -0.2) is 74.5 Å². The normalized spacial score (nSPS) is 25.3. The number of amides is 1. The fourth-order valence-electron chi connectivity index (χ4n) is 4.15. The van der Waals surface area contributed by atoms with E-state index in [9.17, 15) is 13.2 Å². The van der Waals surface area contributed by atoms with Crippen LogP contribution in [0.4, 0.5) is 0 Å². The van der Waals surface area contributed by atoms with Gasteiger partial charge in [-0.15, -0.1) is 0 Å². The Morgan fingerprint density at radius 3 is 2.54 bits per heavy atom. The molecule has 0 N–H and O–H groups in total. The van der Waals surface area contributed by atoms with Gasteiger partial charge in [-0.05, 0) is 36.6 Å². The lowest BCUT2D eigenvalue weighted by Crippen LogP contribution is -2.61. The van der Waals surface area contributed by atoms with Crippen LogP contribution in [0.1, 0.15) is 29.8 Å². The molecule has 6 nitrogen and oxygen atoms in total. The van der Waals surface area contributed by atoms with Crippen molar-refractivity contribution in [2.75, 3.05) is 38.2 Å². The number of methoxy groups -OCH3 is 1. The summed E-state index contributed by atoms with van der Waals surface area (Å²) >= 11 is 0. The van der Waals surface area contributed by atoms with Crippen LogP contribution in [-0.2, 0) is 9.84 Å². The molecule has 3 rings (SSSR count). The molecule has 7 heteroatoms. The van der Waals surface area contributed by atoms with Crippen molar-refractivity contribution in [3.8, 4) is 5.75 Å². The van der Waals surface area contributed by atoms with Crippen LogP contribution in [0.2, 0.25) is 0 Å². The van der Waals surface area contributed by atoms with Gasteiger partial charge in [0.05, 0.1) is 24.7 Å². The fraction of sp³-hybridized carbons (Fsp3) is 0.632. The highest BCUT2D eigenvalue weighted by Crippen LogP contribution is 2.29. The standard InChI is InChI=1S/C19H28N2O4S/c1-13(2)10-20-7-8-21(17-12-26(23,24)11-16(17)20)19(22)15-5-6-18(25-4)14(3)9-15/h5-6,9,13,16-17H,7-8,10-12H2,1-4H3. The van der Waals surface area contributed by atoms with E-state index in [1.54, 1.807) is 24.1 Å². The first-order valence-corrected chi connectivity index (χ1v) is 10.9. The number of rotatable bonds is 4. The summed E-state index contributed by atoms with van der Waals surface area (Å²) in [7, 11) is -1.52. The van der Waals surface area contributed by atoms with Gasteiger partial charge in [-0.2, -0.15) is 0 Å². The Balaban J connectivity index is 1.86. The molecule has 0 saturated carbocycles. The van der Waals surface area contributed by atoms with Crippen LogP contribution in [0.25, 0.3) is 0 Å². The Bertz CT molecular complexity index is 791. The van der Waals surface area contributed by atoms with Crippen molar-refractivity contribution >= 4 is 15.7 Å². The lowest BCUT2D eigenvalue weighted by Gasteiger charge is -2.44. The summed E-state index contributed by atoms with van der Waals surface area (Å²) in [6.07, 6.45) is 0. The third kappa shape index (κ3) is 3.74. The molecule has 2 heterocycles. The number of fused-ring (bicyclic) bond motifs is 1. The van der Waals surface area contributed by atoms with E-state index in [1.807, 2.05) is 13.0 Å². The van der Waals surface area contributed by atoms with Gasteiger partial charge in [0.25, 0.3) is 5.91 Å². The summed E-state index contributed by atoms with van der Waals surface area (Å²) in [6, 6.07) is 5.01. The van der Waals surface area contributed by atoms with Crippen molar-refractivity contribution in [1.29, 1.82) is 0 Å². The van der Waals surface area contributed by atoms with Gasteiger partial charge in [0.15, 0.2) is 9.84 Å². The maximum Gasteiger partial charge on any atom is 0.254 e. The van der Waals surface area contributed by atoms with Crippen molar-refractivity contribution in [3.05, 3.63) is 29.3 Å². The predicted molar refractivity (Wildman–Crippen MR) is 101 cm³/mol. The molecule has 2 aliphatic rings. The first-order valence-electron chi connectivity index (χ1n) is 9.12. The molecule has 2 fully saturated rings. The topological polar surface area (TPSA) is 66.9 Å². The zero-order valence-corrected chi connectivity index (χ0v) is 16.8. The third-order valence-corrected chi connectivity index (χ3v) is 6.99. The second-order valence-electron chi connectivity index (χ2n) is 7.78. The van der Waals surface area contributed by atoms with Gasteiger partial charge in [-0.25, -0.2) is 8.42 Å². The molecule has 0 radical (unpaired) electrons. The molecule has 2 unspecified atom stereocenters. The Kier molecular flexibility index (Phi) is 5.30. The zero-order valence-electron chi connectivity index (χ0n) is 15.9. The van der Waals surface area contributed by atoms with Gasteiger partial charge in [0.2, 0.25) is 0 Å². The molecule has 0 aliphatic carbocycles. The van der Waals surface area contributed by atoms with Crippen LogP contribution in [0, 0.1) is 12.8 Å². The molecule has 1 amide bonds. The molecule has 2 saturated heterocycles. The highest BCUT2D eigenvalue weighted by Gasteiger charge is 2.48. The first kappa shape index (κ1) is 19.2. The molecule has 26 heavy (non-hydrogen) atoms. The molecule has 2 aliphatic heterocycles. The summed E-state index contributed by atoms with van der Waals surface area (Å²) in [4.78, 5) is 17.1. The molecule has 1 aromatic carbocycles. The van der Waals surface area contributed by atoms with E-state index in [0.29, 0.717) is 18.0 Å². The van der Waals surface area contributed by atoms with Crippen molar-refractivity contribution in [3.63, 3.8) is 0 Å². The van der Waals surface area contributed by atoms with Gasteiger partial charge >= 0.3 is 0 Å². The number of ether oxygens (including phenoxy) is 1. The molecular formula is C19H28N2O4S. The maximum atomic E-state index is 13.1. The molecule has 0 bridgehead atoms. The minimum Gasteiger partial charge on any atom is -0.496 e. The number of piperazine rings is 1. The number of aryl methyl sites for hydroxylation is 1. The van der Waals surface area contributed by atoms with Crippen molar-refractivity contribution in [1.82, 2.24) is 9.80 Å². The Morgan fingerprint density at radius 2 is 1.92 bits per heavy atom. The summed E-state index contributed by atoms with van der Waals surface area (Å²) in [6.45, 7) is 8.31. The quantitative estimate of drug-likeness (QED) is 0.793. The largest absolute Gasteiger partial charge is 0.496 e. The molecule has 0 spiro atoms. The van der Waals surface area contributed by atoms with Crippen LogP contribution in [0.5, 0.6) is 5.75 Å². The van der Waals surface area contributed by atoms with Crippen molar-refractivity contribution in [2.24, 2.45) is 5.92 Å². The van der Waals surface area contributed by atoms with E-state index < -0.39 is 9.84 Å². The summed E-state index contributed by atoms with van der Waals surface area (Å²) in [5.74, 6) is 1.32. The molecular weight excluding hydrogens is 352 g/mol. The van der Waals surface area contributed by atoms with E-state index in [0.717, 1.165) is 24.4 Å². The van der Waals surface area contributed by atoms with Gasteiger partial charge < -0.3 is 9.64 Å². The highest BCUT2D eigenvalue weighted by atomic mass is 32.2. The van der Waals surface area contributed by atoms with E-state index in [2.05, 4.69) is 18.7 Å². The lowest BCUT2D eigenvalue weighted by molar-refractivity contribution is 0.0297. The highest BCUT2D eigenvalue weighted by molar-refractivity contribution is 7.91. The van der Waals surface area contributed by atoms with Gasteiger partial charge in [-0.3, -0.25) is 9.69 Å². The summed E-state index contributed by atoms with van der Waals surface area (Å²) < 4.78 is 29.8. The Morgan fingerprint density at radius 1 is 1.23 bits per heavy atom. The van der Waals surface area contributed by atoms with Crippen LogP contribution >= 0.6 is 0 Å². The van der Waals surface area contributed by atoms with Crippen molar-refractivity contribution in [2.45, 2.75) is 32.9 Å². The second kappa shape index (κ2) is 7.19. The maximum absolute atomic E-state index is 13.1. The second-order valence-corrected chi connectivity index (χ2v) is 9.94. The molecule has 144 valence electrons. The third-order valence-electron chi connectivity index (χ3n) is 5.29. The molecule has 2 atom stereocenters. The van der Waals surface area contributed by atoms with Crippen LogP contribution < -0.4 is 4.74 Å². The predicted octanol–water partition coefficient (Wildman–Crippen LogP) is 1.58. The summed E-state index contributed by atoms with van der Waals surface area (Å²) in [5.41, 5.74) is 1.48. The number of carbonyl (C=O) groups is 1. The average Bonchev–Trinajstić information content (AvgIpc) is 2.89. The Hall–Kier alpha value is -1.60. The number of hydrogen-bond acceptors (Lipinski definition) is 5. The van der Waals surface area contributed by atoms with Gasteiger partial charge in [0.1, 0.15) is 5.75 Å². The number of hydrogen-bond donors (Lipinski definition) is 0. The summed E-state index contributed by atoms with van der Waals surface area (Å²) in [5, 5.41) is 0. The minimum atomic E-state index is -3.12. The van der Waals surface area contributed by atoms with Crippen LogP contribution in [0.15, 0.2) is 18.2 Å². The van der Waals surface area contributed by atoms with Gasteiger partial charge in [0, 0.05) is 31.2 Å². The minimum absolute atomic E-state index is 0.0626. The SMILES string of the molecule is COc1ccc(C(=O)N2CCN(CC(C)C)C3CS(=O)(=O)CC32)cc1C. The number of sulfone groups is 1. The van der Waals surface area contributed by atoms with E-state index in [1.165, 1.54) is 0 Å². The Labute approximate surface area is 156 Å². The smallest absolute Gasteiger partial charge is 0.254 e. The number of carbonyl (C=O) groups excluding carboxylic acids is 1. The zero-order chi connectivity index (χ0) is 19.1. The first-order chi connectivity index (χ1) is 12.2. The van der Waals surface area contributed by atoms with Crippen LogP contribution in [0.3, 0.4) is 0 Å². The number of nitrogens with zero attached hydrogens (tertiary/aromatic N) is 2. The van der Waals surface area contributed by atoms with Gasteiger partial charge in [-0.1, -0.05) is 13.8 Å². The molecule has 1 aromatic rings. The number of benzene rings is 1. The average molecular weight is 381 g/mol. The van der Waals surface area contributed by atoms with Crippen molar-refractivity contribution < 1.29 is 17.9 Å². The van der Waals surface area contributed by atoms with E-state index in [-0.39, 0.29) is 29.5 Å². The van der Waals surface area contributed by atoms with E-state index >= 15 is 0 Å². The lowest BCUT2D eigenvalue weighted by atomic mass is 10.0. The molecule has 0 aromatic heterocycles. The monoisotopic (exact) mass is 380 g/mol.